The van der Waals surface area contributed by atoms with Crippen LogP contribution < -0.4 is 30.3 Å². The number of rotatable bonds is 18. The second-order valence-corrected chi connectivity index (χ2v) is 24.6. The van der Waals surface area contributed by atoms with Crippen molar-refractivity contribution in [3.05, 3.63) is 61.7 Å². The number of nitrogens with one attached hydrogen (secondary N) is 3. The van der Waals surface area contributed by atoms with Gasteiger partial charge in [-0.2, -0.15) is 5.48 Å². The Bertz CT molecular complexity index is 2630. The highest BCUT2D eigenvalue weighted by Gasteiger charge is 2.69. The van der Waals surface area contributed by atoms with Crippen LogP contribution in [0.3, 0.4) is 0 Å². The Labute approximate surface area is 491 Å². The number of aliphatic hydroxyl groups excluding tert-OH is 4. The van der Waals surface area contributed by atoms with E-state index in [1.807, 2.05) is 35.6 Å². The normalized spacial score (nSPS) is 39.2. The van der Waals surface area contributed by atoms with Gasteiger partial charge in [-0.3, -0.25) is 14.4 Å². The van der Waals surface area contributed by atoms with E-state index < -0.39 is 131 Å². The number of hydrogen-bond acceptors (Lipinski definition) is 25. The number of ether oxygens (including phenoxy) is 12. The first-order valence-corrected chi connectivity index (χ1v) is 29.8. The van der Waals surface area contributed by atoms with Gasteiger partial charge in [0.1, 0.15) is 48.3 Å². The molecular weight excluding hydrogens is 1220 g/mol. The summed E-state index contributed by atoms with van der Waals surface area (Å²) in [5.41, 5.74) is 3.32. The minimum Gasteiger partial charge on any atom is -0.492 e. The Morgan fingerprint density at radius 3 is 2.27 bits per heavy atom. The summed E-state index contributed by atoms with van der Waals surface area (Å²) in [6, 6.07) is 4.71. The molecule has 2 aromatic rings. The van der Waals surface area contributed by atoms with Gasteiger partial charge in [0.2, 0.25) is 17.2 Å². The van der Waals surface area contributed by atoms with Gasteiger partial charge in [0.25, 0.3) is 0 Å². The number of carbonyl (C=O) groups excluding carboxylic acids is 3. The SMILES string of the molecule is CCNC1COC(OC2C(O[C@@H]3c4ccccc4[C@]4(O)CC(=O)C(NC(=O)OC)C35SCC=C54)OC(C)C(NOC3CC(O)C(SC(=O)c4c(C)c(I)c(OC5OC(C)C(O)C(OC)C5O)c(OC)c4OC)C(C)O3)C2O)CC1OC. The molecule has 2 aliphatic carbocycles. The first-order chi connectivity index (χ1) is 38.7. The van der Waals surface area contributed by atoms with E-state index >= 15 is 0 Å². The van der Waals surface area contributed by atoms with Crippen LogP contribution in [0.25, 0.3) is 0 Å². The zero-order valence-electron chi connectivity index (χ0n) is 46.6. The van der Waals surface area contributed by atoms with Gasteiger partial charge in [-0.1, -0.05) is 49.0 Å². The van der Waals surface area contributed by atoms with E-state index in [4.69, 9.17) is 61.7 Å². The van der Waals surface area contributed by atoms with Gasteiger partial charge in [0.15, 0.2) is 36.2 Å². The van der Waals surface area contributed by atoms with Crippen LogP contribution in [-0.2, 0) is 57.9 Å². The molecule has 2 aromatic carbocycles. The first-order valence-electron chi connectivity index (χ1n) is 26.9. The third-order valence-corrected chi connectivity index (χ3v) is 20.5. The molecule has 0 radical (unpaired) electrons. The summed E-state index contributed by atoms with van der Waals surface area (Å²) >= 11 is 4.19. The molecule has 4 saturated heterocycles. The molecule has 1 amide bonds. The summed E-state index contributed by atoms with van der Waals surface area (Å²) in [5.74, 6) is 0.149. The number of amides is 1. The summed E-state index contributed by atoms with van der Waals surface area (Å²) in [5, 5.41) is 63.3. The third kappa shape index (κ3) is 11.6. The van der Waals surface area contributed by atoms with Crippen molar-refractivity contribution >= 4 is 63.1 Å². The molecule has 19 unspecified atom stereocenters. The molecule has 2 bridgehead atoms. The average Bonchev–Trinajstić information content (AvgIpc) is 4.15. The highest BCUT2D eigenvalue weighted by atomic mass is 127. The molecule has 1 saturated carbocycles. The largest absolute Gasteiger partial charge is 0.492 e. The number of halogens is 1. The van der Waals surface area contributed by atoms with Gasteiger partial charge in [-0.05, 0) is 79.1 Å². The van der Waals surface area contributed by atoms with Crippen LogP contribution in [0.2, 0.25) is 0 Å². The smallest absolute Gasteiger partial charge is 0.407 e. The number of hydroxylamine groups is 1. The van der Waals surface area contributed by atoms with Crippen LogP contribution in [0.1, 0.15) is 80.1 Å². The Morgan fingerprint density at radius 1 is 0.864 bits per heavy atom. The van der Waals surface area contributed by atoms with Crippen molar-refractivity contribution in [2.45, 2.75) is 180 Å². The maximum Gasteiger partial charge on any atom is 0.407 e. The maximum atomic E-state index is 14.4. The molecule has 81 heavy (non-hydrogen) atoms. The number of fused-ring (bicyclic) bond motifs is 2. The van der Waals surface area contributed by atoms with Crippen LogP contribution in [0.4, 0.5) is 4.79 Å². The number of likely N-dealkylation sites (N-methyl/N-ethyl adjacent to an activating group) is 1. The van der Waals surface area contributed by atoms with Gasteiger partial charge >= 0.3 is 6.09 Å². The Hall–Kier alpha value is -3.02. The van der Waals surface area contributed by atoms with Crippen molar-refractivity contribution in [1.82, 2.24) is 16.1 Å². The second-order valence-electron chi connectivity index (χ2n) is 21.1. The molecule has 9 rings (SSSR count). The van der Waals surface area contributed by atoms with Crippen LogP contribution in [0, 0.1) is 10.5 Å². The van der Waals surface area contributed by atoms with Crippen molar-refractivity contribution in [2.24, 2.45) is 0 Å². The number of methoxy groups -OCH3 is 5. The van der Waals surface area contributed by atoms with E-state index in [2.05, 4.69) is 16.1 Å². The monoisotopic (exact) mass is 1290 g/mol. The molecule has 8 N–H and O–H groups in total. The average molecular weight is 1290 g/mol. The molecule has 27 heteroatoms. The maximum absolute atomic E-state index is 14.4. The zero-order valence-corrected chi connectivity index (χ0v) is 50.4. The molecule has 5 fully saturated rings. The van der Waals surface area contributed by atoms with Gasteiger partial charge in [0.05, 0.1) is 89.7 Å². The number of alkyl carbamates (subject to hydrolysis) is 1. The van der Waals surface area contributed by atoms with E-state index in [1.54, 1.807) is 59.1 Å². The Balaban J connectivity index is 0.929. The quantitative estimate of drug-likeness (QED) is 0.0604. The minimum atomic E-state index is -1.70. The van der Waals surface area contributed by atoms with Crippen LogP contribution in [0.5, 0.6) is 17.2 Å². The predicted octanol–water partition coefficient (Wildman–Crippen LogP) is 2.40. The Morgan fingerprint density at radius 2 is 1.59 bits per heavy atom. The van der Waals surface area contributed by atoms with E-state index in [0.29, 0.717) is 38.1 Å². The second kappa shape index (κ2) is 25.9. The van der Waals surface area contributed by atoms with E-state index in [1.165, 1.54) is 40.2 Å². The predicted molar refractivity (Wildman–Crippen MR) is 298 cm³/mol. The minimum absolute atomic E-state index is 0.0377. The molecule has 0 spiro atoms. The lowest BCUT2D eigenvalue weighted by atomic mass is 9.59. The molecule has 450 valence electrons. The molecule has 21 atom stereocenters. The van der Waals surface area contributed by atoms with E-state index in [-0.39, 0.29) is 60.8 Å². The molecule has 24 nitrogen and oxygen atoms in total. The van der Waals surface area contributed by atoms with Crippen molar-refractivity contribution in [1.29, 1.82) is 0 Å². The highest BCUT2D eigenvalue weighted by molar-refractivity contribution is 14.1. The summed E-state index contributed by atoms with van der Waals surface area (Å²) in [6.07, 6.45) is -15.1. The third-order valence-electron chi connectivity index (χ3n) is 16.4. The number of benzene rings is 2. The number of Topliss-reactive ketones (excluding diaryl/α,β-unsaturated/α-hetero) is 1. The fourth-order valence-corrected chi connectivity index (χ4v) is 15.7. The van der Waals surface area contributed by atoms with Crippen molar-refractivity contribution in [3.63, 3.8) is 0 Å². The van der Waals surface area contributed by atoms with Crippen LogP contribution in [0.15, 0.2) is 35.9 Å². The van der Waals surface area contributed by atoms with E-state index in [0.717, 1.165) is 11.8 Å². The van der Waals surface area contributed by atoms with Crippen molar-refractivity contribution in [3.8, 4) is 17.2 Å². The molecule has 0 aromatic heterocycles. The summed E-state index contributed by atoms with van der Waals surface area (Å²) in [7, 11) is 6.89. The van der Waals surface area contributed by atoms with Gasteiger partial charge in [0, 0.05) is 39.2 Å². The van der Waals surface area contributed by atoms with Gasteiger partial charge in [-0.15, -0.1) is 11.8 Å². The fourth-order valence-electron chi connectivity index (χ4n) is 12.3. The van der Waals surface area contributed by atoms with Crippen LogP contribution >= 0.6 is 46.1 Å². The molecule has 7 aliphatic rings. The lowest BCUT2D eigenvalue weighted by Crippen LogP contribution is -2.69. The highest BCUT2D eigenvalue weighted by Crippen LogP contribution is 2.65. The number of aliphatic hydroxyl groups is 5. The number of ketones is 1. The lowest BCUT2D eigenvalue weighted by molar-refractivity contribution is -0.343. The van der Waals surface area contributed by atoms with E-state index in [9.17, 15) is 39.9 Å². The lowest BCUT2D eigenvalue weighted by Gasteiger charge is -2.57. The molecule has 5 aliphatic heterocycles. The number of hydrogen-bond donors (Lipinski definition) is 8. The Kier molecular flexibility index (Phi) is 20.0. The summed E-state index contributed by atoms with van der Waals surface area (Å²) in [6.45, 7) is 9.57. The summed E-state index contributed by atoms with van der Waals surface area (Å²) < 4.78 is 71.9. The number of thioether (sulfide) groups is 2. The molecular formula is C54H74IN3O21S2. The fraction of sp³-hybridized carbons (Fsp3) is 0.685. The molecule has 5 heterocycles. The standard InChI is InChI=1S/C54H74IN3O21S2/c1-11-56-28-21-72-33(19-31(28)67-6)76-44-39(62)37(23(3)74-51(44)78-48-26-14-12-13-15-27(26)53(66)20-30(60)47(57-52(65)71-10)54(48)32(53)16-17-80-54)58-79-34-18-29(59)46(25(5)73-34)81-49(64)35-22(2)36(55)42(45(70-9)41(35)68-7)77-50-40(63)43(69-8)38(61)24(4)75-50/h12-16,23-25,28-29,31,33-34,37-40,43-44,46-48,50-51,56,58-59,61-63,66H,11,17-21H2,1-10H3,(H,57,65)/t23?,24?,25?,28?,29?,31?,33?,34?,37?,38?,39?,40?,43?,44?,46?,47?,48-,50?,51?,53-,54?/m1/s1. The van der Waals surface area contributed by atoms with Crippen molar-refractivity contribution in [2.75, 3.05) is 54.5 Å². The van der Waals surface area contributed by atoms with Gasteiger partial charge < -0.3 is 93.0 Å². The topological polar surface area (TPSA) is 308 Å². The zero-order chi connectivity index (χ0) is 58.4. The summed E-state index contributed by atoms with van der Waals surface area (Å²) in [4.78, 5) is 47.8. The van der Waals surface area contributed by atoms with Crippen LogP contribution in [-0.4, -0.2) is 211 Å². The first kappa shape index (κ1) is 62.5. The number of carbonyl (C=O) groups is 3. The van der Waals surface area contributed by atoms with Gasteiger partial charge in [-0.25, -0.2) is 4.79 Å². The van der Waals surface area contributed by atoms with Crippen molar-refractivity contribution < 1.29 is 102 Å².